The van der Waals surface area contributed by atoms with Crippen molar-refractivity contribution in [3.8, 4) is 0 Å². The van der Waals surface area contributed by atoms with Crippen molar-refractivity contribution in [1.29, 1.82) is 0 Å². The number of aromatic amines is 1. The fourth-order valence-corrected chi connectivity index (χ4v) is 2.20. The van der Waals surface area contributed by atoms with Gasteiger partial charge in [0.1, 0.15) is 22.7 Å². The molecule has 0 unspecified atom stereocenters. The minimum atomic E-state index is -5.88. The summed E-state index contributed by atoms with van der Waals surface area (Å²) in [5.41, 5.74) is 1.83. The van der Waals surface area contributed by atoms with Gasteiger partial charge in [-0.3, -0.25) is 14.0 Å². The Hall–Kier alpha value is -2.98. The Kier molecular flexibility index (Phi) is 3.15. The summed E-state index contributed by atoms with van der Waals surface area (Å²) in [6, 6.07) is 2.68. The van der Waals surface area contributed by atoms with Crippen LogP contribution in [0.4, 0.5) is 22.0 Å². The van der Waals surface area contributed by atoms with E-state index in [4.69, 9.17) is 5.73 Å². The molecule has 126 valence electrons. The third kappa shape index (κ3) is 2.20. The summed E-state index contributed by atoms with van der Waals surface area (Å²) in [5, 5.41) is -0.155. The zero-order valence-corrected chi connectivity index (χ0v) is 11.5. The molecule has 3 aromatic rings. The van der Waals surface area contributed by atoms with E-state index in [1.807, 2.05) is 4.98 Å². The average Bonchev–Trinajstić information content (AvgIpc) is 2.90. The van der Waals surface area contributed by atoms with Gasteiger partial charge in [-0.05, 0) is 12.1 Å². The Bertz CT molecular complexity index is 1030. The van der Waals surface area contributed by atoms with E-state index >= 15 is 0 Å². The van der Waals surface area contributed by atoms with E-state index in [1.54, 1.807) is 0 Å². The second-order valence-corrected chi connectivity index (χ2v) is 4.93. The lowest BCUT2D eigenvalue weighted by Crippen LogP contribution is -2.35. The number of fused-ring (bicyclic) bond motifs is 3. The first kappa shape index (κ1) is 15.9. The molecule has 0 aliphatic rings. The number of hydrogen-bond acceptors (Lipinski definition) is 3. The number of hydrogen-bond donors (Lipinski definition) is 2. The number of aromatic nitrogens is 3. The summed E-state index contributed by atoms with van der Waals surface area (Å²) in [7, 11) is 0. The van der Waals surface area contributed by atoms with Crippen LogP contribution in [0.25, 0.3) is 16.7 Å². The molecular formula is C13H7F5N4O2. The molecule has 3 rings (SSSR count). The van der Waals surface area contributed by atoms with E-state index in [9.17, 15) is 31.5 Å². The highest BCUT2D eigenvalue weighted by atomic mass is 19.4. The van der Waals surface area contributed by atoms with Crippen LogP contribution in [-0.4, -0.2) is 26.5 Å². The lowest BCUT2D eigenvalue weighted by molar-refractivity contribution is -0.290. The molecule has 3 aromatic heterocycles. The Morgan fingerprint density at radius 2 is 1.88 bits per heavy atom. The first-order chi connectivity index (χ1) is 11.0. The number of halogens is 5. The van der Waals surface area contributed by atoms with Crippen LogP contribution in [0.2, 0.25) is 0 Å². The zero-order chi connectivity index (χ0) is 17.9. The number of imidazole rings is 1. The number of nitrogens with two attached hydrogens (primary N) is 1. The van der Waals surface area contributed by atoms with Crippen LogP contribution in [0.15, 0.2) is 29.2 Å². The van der Waals surface area contributed by atoms with E-state index in [0.717, 1.165) is 10.6 Å². The minimum absolute atomic E-state index is 0.0411. The lowest BCUT2D eigenvalue weighted by atomic mass is 10.1. The smallest absolute Gasteiger partial charge is 0.364 e. The highest BCUT2D eigenvalue weighted by Crippen LogP contribution is 2.42. The molecular weight excluding hydrogens is 339 g/mol. The van der Waals surface area contributed by atoms with Gasteiger partial charge in [-0.25, -0.2) is 4.98 Å². The van der Waals surface area contributed by atoms with Crippen molar-refractivity contribution >= 4 is 22.6 Å². The number of amides is 1. The monoisotopic (exact) mass is 346 g/mol. The lowest BCUT2D eigenvalue weighted by Gasteiger charge is -2.19. The van der Waals surface area contributed by atoms with Crippen LogP contribution < -0.4 is 11.2 Å². The van der Waals surface area contributed by atoms with Crippen LogP contribution in [0.3, 0.4) is 0 Å². The first-order valence-corrected chi connectivity index (χ1v) is 6.32. The number of nitrogens with one attached hydrogen (secondary N) is 1. The number of pyridine rings is 2. The van der Waals surface area contributed by atoms with E-state index in [-0.39, 0.29) is 28.4 Å². The van der Waals surface area contributed by atoms with Gasteiger partial charge in [-0.1, -0.05) is 0 Å². The van der Waals surface area contributed by atoms with Gasteiger partial charge in [0.05, 0.1) is 5.39 Å². The van der Waals surface area contributed by atoms with Gasteiger partial charge in [-0.2, -0.15) is 22.0 Å². The van der Waals surface area contributed by atoms with Crippen LogP contribution in [0.1, 0.15) is 16.2 Å². The average molecular weight is 346 g/mol. The van der Waals surface area contributed by atoms with Crippen molar-refractivity contribution in [2.75, 3.05) is 0 Å². The third-order valence-electron chi connectivity index (χ3n) is 3.37. The van der Waals surface area contributed by atoms with Crippen molar-refractivity contribution in [3.63, 3.8) is 0 Å². The topological polar surface area (TPSA) is 93.2 Å². The van der Waals surface area contributed by atoms with Gasteiger partial charge in [0, 0.05) is 12.3 Å². The number of alkyl halides is 5. The maximum absolute atomic E-state index is 13.5. The predicted octanol–water partition coefficient (Wildman–Crippen LogP) is 1.93. The SMILES string of the molecule is NC(=O)c1cn2c(ccc3c(=O)cc(C(F)(F)C(F)(F)F)[nH]c32)n1. The second-order valence-electron chi connectivity index (χ2n) is 4.93. The van der Waals surface area contributed by atoms with E-state index in [2.05, 4.69) is 4.98 Å². The van der Waals surface area contributed by atoms with Crippen molar-refractivity contribution in [3.05, 3.63) is 46.0 Å². The first-order valence-electron chi connectivity index (χ1n) is 6.32. The molecule has 0 aliphatic carbocycles. The number of nitrogens with zero attached hydrogens (tertiary/aromatic N) is 2. The van der Waals surface area contributed by atoms with Crippen molar-refractivity contribution in [2.45, 2.75) is 12.1 Å². The maximum atomic E-state index is 13.5. The van der Waals surface area contributed by atoms with Gasteiger partial charge >= 0.3 is 12.1 Å². The molecule has 0 atom stereocenters. The molecule has 0 fully saturated rings. The molecule has 11 heteroatoms. The van der Waals surface area contributed by atoms with Gasteiger partial charge in [0.2, 0.25) is 0 Å². The largest absolute Gasteiger partial charge is 0.459 e. The second kappa shape index (κ2) is 4.76. The summed E-state index contributed by atoms with van der Waals surface area (Å²) in [6.07, 6.45) is -4.85. The van der Waals surface area contributed by atoms with Crippen LogP contribution in [0.5, 0.6) is 0 Å². The van der Waals surface area contributed by atoms with Gasteiger partial charge in [0.15, 0.2) is 5.43 Å². The summed E-state index contributed by atoms with van der Waals surface area (Å²) in [4.78, 5) is 28.7. The Balaban J connectivity index is 2.39. The normalized spacial score (nSPS) is 12.9. The van der Waals surface area contributed by atoms with Gasteiger partial charge < -0.3 is 10.7 Å². The summed E-state index contributed by atoms with van der Waals surface area (Å²) in [5.74, 6) is -6.18. The highest BCUT2D eigenvalue weighted by molar-refractivity contribution is 5.92. The quantitative estimate of drug-likeness (QED) is 0.695. The molecule has 24 heavy (non-hydrogen) atoms. The molecule has 1 amide bonds. The Morgan fingerprint density at radius 3 is 2.46 bits per heavy atom. The van der Waals surface area contributed by atoms with Crippen molar-refractivity contribution < 1.29 is 26.7 Å². The zero-order valence-electron chi connectivity index (χ0n) is 11.5. The van der Waals surface area contributed by atoms with E-state index in [0.29, 0.717) is 0 Å². The van der Waals surface area contributed by atoms with Gasteiger partial charge in [-0.15, -0.1) is 0 Å². The number of carbonyl (C=O) groups is 1. The molecule has 0 aromatic carbocycles. The molecule has 0 saturated heterocycles. The van der Waals surface area contributed by atoms with Crippen LogP contribution in [0, 0.1) is 0 Å². The molecule has 0 bridgehead atoms. The molecule has 0 saturated carbocycles. The predicted molar refractivity (Wildman–Crippen MR) is 71.8 cm³/mol. The minimum Gasteiger partial charge on any atom is -0.364 e. The highest BCUT2D eigenvalue weighted by Gasteiger charge is 2.59. The van der Waals surface area contributed by atoms with Crippen LogP contribution >= 0.6 is 0 Å². The molecule has 6 nitrogen and oxygen atoms in total. The number of rotatable bonds is 2. The molecule has 0 radical (unpaired) electrons. The van der Waals surface area contributed by atoms with E-state index < -0.39 is 29.1 Å². The summed E-state index contributed by atoms with van der Waals surface area (Å²) >= 11 is 0. The van der Waals surface area contributed by atoms with Gasteiger partial charge in [0.25, 0.3) is 5.91 Å². The fraction of sp³-hybridized carbons (Fsp3) is 0.154. The Morgan fingerprint density at radius 1 is 1.21 bits per heavy atom. The van der Waals surface area contributed by atoms with E-state index in [1.165, 1.54) is 12.1 Å². The molecule has 0 spiro atoms. The van der Waals surface area contributed by atoms with Crippen LogP contribution in [-0.2, 0) is 5.92 Å². The fourth-order valence-electron chi connectivity index (χ4n) is 2.20. The third-order valence-corrected chi connectivity index (χ3v) is 3.37. The van der Waals surface area contributed by atoms with Crippen molar-refractivity contribution in [1.82, 2.24) is 14.4 Å². The summed E-state index contributed by atoms with van der Waals surface area (Å²) in [6.45, 7) is 0. The molecule has 3 heterocycles. The standard InChI is InChI=1S/C13H7F5N4O2/c14-12(15,13(16,17)18)8-3-7(23)5-1-2-9-20-6(10(19)24)4-22(9)11(5)21-8/h1-4H,(H2,19,24)(H,21,23). The molecule has 0 aliphatic heterocycles. The Labute approximate surface area is 128 Å². The number of primary amides is 1. The number of carbonyl (C=O) groups excluding carboxylic acids is 1. The summed E-state index contributed by atoms with van der Waals surface area (Å²) < 4.78 is 65.6. The number of H-pyrrole nitrogens is 1. The maximum Gasteiger partial charge on any atom is 0.459 e. The molecule has 3 N–H and O–H groups in total. The van der Waals surface area contributed by atoms with Crippen molar-refractivity contribution in [2.24, 2.45) is 5.73 Å².